The highest BCUT2D eigenvalue weighted by Gasteiger charge is 2.07. The summed E-state index contributed by atoms with van der Waals surface area (Å²) in [6.45, 7) is 0.245. The molecule has 164 valence electrons. The normalized spacial score (nSPS) is 10.6. The maximum absolute atomic E-state index is 11.9. The summed E-state index contributed by atoms with van der Waals surface area (Å²) < 4.78 is 11.1. The second-order valence-corrected chi connectivity index (χ2v) is 6.97. The number of rotatable bonds is 8. The lowest BCUT2D eigenvalue weighted by Crippen LogP contribution is -2.24. The number of ether oxygens (including phenoxy) is 2. The molecule has 0 saturated heterocycles. The number of hydrogen-bond acceptors (Lipinski definition) is 5. The van der Waals surface area contributed by atoms with Gasteiger partial charge in [0.05, 0.1) is 18.9 Å². The fourth-order valence-electron chi connectivity index (χ4n) is 2.68. The van der Waals surface area contributed by atoms with Crippen LogP contribution < -0.4 is 20.2 Å². The van der Waals surface area contributed by atoms with Gasteiger partial charge in [0.25, 0.3) is 0 Å². The van der Waals surface area contributed by atoms with Crippen LogP contribution in [0.4, 0.5) is 10.5 Å². The van der Waals surface area contributed by atoms with Crippen molar-refractivity contribution >= 4 is 35.5 Å². The molecule has 3 N–H and O–H groups in total. The van der Waals surface area contributed by atoms with Crippen molar-refractivity contribution in [3.8, 4) is 11.5 Å². The number of carbonyl (C=O) groups is 2. The first-order chi connectivity index (χ1) is 15.4. The minimum atomic E-state index is -0.979. The average molecular weight is 454 g/mol. The van der Waals surface area contributed by atoms with E-state index in [4.69, 9.17) is 26.2 Å². The molecule has 2 amide bonds. The van der Waals surface area contributed by atoms with Crippen molar-refractivity contribution in [1.29, 1.82) is 0 Å². The highest BCUT2D eigenvalue weighted by atomic mass is 35.5. The highest BCUT2D eigenvalue weighted by Crippen LogP contribution is 2.28. The third-order valence-electron chi connectivity index (χ3n) is 4.25. The number of halogens is 1. The molecule has 32 heavy (non-hydrogen) atoms. The summed E-state index contributed by atoms with van der Waals surface area (Å²) in [6, 6.07) is 17.9. The molecule has 0 aliphatic carbocycles. The van der Waals surface area contributed by atoms with Crippen LogP contribution in [0.5, 0.6) is 11.5 Å². The average Bonchev–Trinajstić information content (AvgIpc) is 2.78. The van der Waals surface area contributed by atoms with Gasteiger partial charge in [-0.15, -0.1) is 0 Å². The van der Waals surface area contributed by atoms with E-state index in [1.165, 1.54) is 25.5 Å². The van der Waals surface area contributed by atoms with E-state index in [1.54, 1.807) is 54.6 Å². The van der Waals surface area contributed by atoms with Gasteiger partial charge in [-0.2, -0.15) is 5.10 Å². The van der Waals surface area contributed by atoms with Gasteiger partial charge in [-0.05, 0) is 59.7 Å². The molecule has 0 radical (unpaired) electrons. The first kappa shape index (κ1) is 22.6. The Balaban J connectivity index is 1.56. The maximum Gasteiger partial charge on any atom is 0.339 e. The predicted molar refractivity (Wildman–Crippen MR) is 122 cm³/mol. The van der Waals surface area contributed by atoms with Crippen molar-refractivity contribution in [2.24, 2.45) is 5.10 Å². The maximum atomic E-state index is 11.9. The number of anilines is 1. The Morgan fingerprint density at radius 2 is 1.84 bits per heavy atom. The van der Waals surface area contributed by atoms with Gasteiger partial charge in [-0.25, -0.2) is 15.0 Å². The number of hydrazone groups is 1. The monoisotopic (exact) mass is 453 g/mol. The first-order valence-corrected chi connectivity index (χ1v) is 9.81. The van der Waals surface area contributed by atoms with Crippen LogP contribution in [0, 0.1) is 0 Å². The van der Waals surface area contributed by atoms with E-state index >= 15 is 0 Å². The van der Waals surface area contributed by atoms with Gasteiger partial charge in [0.1, 0.15) is 6.61 Å². The number of urea groups is 1. The number of amides is 2. The Morgan fingerprint density at radius 3 is 2.53 bits per heavy atom. The van der Waals surface area contributed by atoms with Crippen LogP contribution in [-0.2, 0) is 6.61 Å². The van der Waals surface area contributed by atoms with Gasteiger partial charge in [0.15, 0.2) is 11.5 Å². The van der Waals surface area contributed by atoms with Gasteiger partial charge in [-0.3, -0.25) is 0 Å². The Hall–Kier alpha value is -4.04. The van der Waals surface area contributed by atoms with Gasteiger partial charge >= 0.3 is 12.0 Å². The van der Waals surface area contributed by atoms with Gasteiger partial charge in [-0.1, -0.05) is 29.8 Å². The summed E-state index contributed by atoms with van der Waals surface area (Å²) in [5.41, 5.74) is 4.63. The molecule has 0 atom stereocenters. The number of nitrogens with zero attached hydrogens (tertiary/aromatic N) is 1. The molecule has 0 saturated carbocycles. The summed E-state index contributed by atoms with van der Waals surface area (Å²) in [6.07, 6.45) is 1.47. The zero-order valence-corrected chi connectivity index (χ0v) is 17.8. The summed E-state index contributed by atoms with van der Waals surface area (Å²) in [4.78, 5) is 22.8. The summed E-state index contributed by atoms with van der Waals surface area (Å²) >= 11 is 5.88. The van der Waals surface area contributed by atoms with Crippen molar-refractivity contribution < 1.29 is 24.2 Å². The molecule has 0 unspecified atom stereocenters. The van der Waals surface area contributed by atoms with E-state index in [-0.39, 0.29) is 12.2 Å². The number of carboxylic acids is 1. The SMILES string of the molecule is COc1cc(/C=N/NC(=O)Nc2cccc(Cl)c2)ccc1OCc1ccc(C(=O)O)cc1. The Morgan fingerprint density at radius 1 is 1.06 bits per heavy atom. The van der Waals surface area contributed by atoms with Crippen LogP contribution in [0.2, 0.25) is 5.02 Å². The van der Waals surface area contributed by atoms with Crippen LogP contribution in [-0.4, -0.2) is 30.4 Å². The molecule has 3 aromatic carbocycles. The zero-order chi connectivity index (χ0) is 22.9. The van der Waals surface area contributed by atoms with E-state index < -0.39 is 12.0 Å². The van der Waals surface area contributed by atoms with Crippen LogP contribution >= 0.6 is 11.6 Å². The molecule has 8 nitrogen and oxygen atoms in total. The fraction of sp³-hybridized carbons (Fsp3) is 0.0870. The minimum absolute atomic E-state index is 0.213. The smallest absolute Gasteiger partial charge is 0.339 e. The van der Waals surface area contributed by atoms with Crippen molar-refractivity contribution in [1.82, 2.24) is 5.43 Å². The highest BCUT2D eigenvalue weighted by molar-refractivity contribution is 6.30. The van der Waals surface area contributed by atoms with E-state index in [1.807, 2.05) is 0 Å². The lowest BCUT2D eigenvalue weighted by atomic mass is 10.1. The Kier molecular flexibility index (Phi) is 7.66. The van der Waals surface area contributed by atoms with Gasteiger partial charge in [0, 0.05) is 10.7 Å². The number of benzene rings is 3. The second kappa shape index (κ2) is 10.8. The molecule has 0 spiro atoms. The molecule has 0 heterocycles. The summed E-state index contributed by atoms with van der Waals surface area (Å²) in [5, 5.41) is 16.0. The number of hydrogen-bond donors (Lipinski definition) is 3. The second-order valence-electron chi connectivity index (χ2n) is 6.54. The predicted octanol–water partition coefficient (Wildman–Crippen LogP) is 4.78. The molecule has 0 aliphatic heterocycles. The zero-order valence-electron chi connectivity index (χ0n) is 17.0. The molecule has 9 heteroatoms. The number of carbonyl (C=O) groups excluding carboxylic acids is 1. The quantitative estimate of drug-likeness (QED) is 0.336. The van der Waals surface area contributed by atoms with E-state index in [0.29, 0.717) is 27.8 Å². The largest absolute Gasteiger partial charge is 0.493 e. The minimum Gasteiger partial charge on any atom is -0.493 e. The number of nitrogens with one attached hydrogen (secondary N) is 2. The molecule has 0 aliphatic rings. The third kappa shape index (κ3) is 6.48. The van der Waals surface area contributed by atoms with E-state index in [0.717, 1.165) is 5.56 Å². The van der Waals surface area contributed by atoms with Crippen molar-refractivity contribution in [2.75, 3.05) is 12.4 Å². The lowest BCUT2D eigenvalue weighted by Gasteiger charge is -2.11. The van der Waals surface area contributed by atoms with E-state index in [2.05, 4.69) is 15.8 Å². The molecule has 3 aromatic rings. The molecular weight excluding hydrogens is 434 g/mol. The Bertz CT molecular complexity index is 1130. The third-order valence-corrected chi connectivity index (χ3v) is 4.48. The van der Waals surface area contributed by atoms with Crippen LogP contribution in [0.15, 0.2) is 71.8 Å². The van der Waals surface area contributed by atoms with Crippen LogP contribution in [0.25, 0.3) is 0 Å². The standard InChI is InChI=1S/C23H20ClN3O5/c1-31-21-11-16(13-25-27-23(30)26-19-4-2-3-18(24)12-19)7-10-20(21)32-14-15-5-8-17(9-6-15)22(28)29/h2-13H,14H2,1H3,(H,28,29)(H2,26,27,30)/b25-13+. The molecule has 0 fully saturated rings. The topological polar surface area (TPSA) is 109 Å². The van der Waals surface area contributed by atoms with E-state index in [9.17, 15) is 9.59 Å². The number of carboxylic acid groups (broad SMARTS) is 1. The molecular formula is C23H20ClN3O5. The van der Waals surface area contributed by atoms with Gasteiger partial charge in [0.2, 0.25) is 0 Å². The lowest BCUT2D eigenvalue weighted by molar-refractivity contribution is 0.0696. The summed E-state index contributed by atoms with van der Waals surface area (Å²) in [7, 11) is 1.52. The Labute approximate surface area is 189 Å². The van der Waals surface area contributed by atoms with Gasteiger partial charge < -0.3 is 19.9 Å². The number of methoxy groups -OCH3 is 1. The first-order valence-electron chi connectivity index (χ1n) is 9.43. The van der Waals surface area contributed by atoms with Crippen molar-refractivity contribution in [3.63, 3.8) is 0 Å². The van der Waals surface area contributed by atoms with Crippen LogP contribution in [0.3, 0.4) is 0 Å². The fourth-order valence-corrected chi connectivity index (χ4v) is 2.87. The molecule has 0 bridgehead atoms. The molecule has 0 aromatic heterocycles. The van der Waals surface area contributed by atoms with Crippen LogP contribution in [0.1, 0.15) is 21.5 Å². The number of aromatic carboxylic acids is 1. The molecule has 3 rings (SSSR count). The van der Waals surface area contributed by atoms with Crippen molar-refractivity contribution in [2.45, 2.75) is 6.61 Å². The van der Waals surface area contributed by atoms with Crippen molar-refractivity contribution in [3.05, 3.63) is 88.4 Å². The summed E-state index contributed by atoms with van der Waals surface area (Å²) in [5.74, 6) is 0.0194.